The first-order valence-electron chi connectivity index (χ1n) is 22.1. The molecule has 1 saturated carbocycles. The predicted octanol–water partition coefficient (Wildman–Crippen LogP) is 6.69. The first-order valence-corrected chi connectivity index (χ1v) is 25.1. The predicted molar refractivity (Wildman–Crippen MR) is 220 cm³/mol. The van der Waals surface area contributed by atoms with E-state index in [-0.39, 0.29) is 19.8 Å². The number of carbonyl (C=O) groups excluding carboxylic acids is 2. The number of phosphoric ester groups is 2. The van der Waals surface area contributed by atoms with Gasteiger partial charge in [-0.3, -0.25) is 23.2 Å². The van der Waals surface area contributed by atoms with E-state index in [1.165, 1.54) is 51.4 Å². The van der Waals surface area contributed by atoms with Crippen molar-refractivity contribution in [1.29, 1.82) is 0 Å². The molecule has 19 heteroatoms. The molecule has 1 aliphatic rings. The van der Waals surface area contributed by atoms with Crippen LogP contribution >= 0.6 is 15.6 Å². The van der Waals surface area contributed by atoms with Crippen LogP contribution in [-0.4, -0.2) is 116 Å². The third-order valence-corrected chi connectivity index (χ3v) is 11.8. The fourth-order valence-electron chi connectivity index (χ4n) is 6.89. The third-order valence-electron chi connectivity index (χ3n) is 10.3. The summed E-state index contributed by atoms with van der Waals surface area (Å²) in [6, 6.07) is 0. The summed E-state index contributed by atoms with van der Waals surface area (Å²) < 4.78 is 55.1. The van der Waals surface area contributed by atoms with Crippen molar-refractivity contribution in [2.24, 2.45) is 0 Å². The summed E-state index contributed by atoms with van der Waals surface area (Å²) in [6.45, 7) is 3.48. The molecule has 0 aliphatic heterocycles. The van der Waals surface area contributed by atoms with Crippen LogP contribution in [0.5, 0.6) is 0 Å². The highest BCUT2D eigenvalue weighted by atomic mass is 31.2. The normalized spacial score (nSPS) is 22.6. The number of aliphatic hydroxyl groups is 4. The van der Waals surface area contributed by atoms with E-state index in [1.807, 2.05) is 6.92 Å². The molecule has 1 rings (SSSR count). The number of carbonyl (C=O) groups is 2. The van der Waals surface area contributed by atoms with Gasteiger partial charge in [-0.2, -0.15) is 0 Å². The summed E-state index contributed by atoms with van der Waals surface area (Å²) in [6.07, 6.45) is 10.8. The van der Waals surface area contributed by atoms with Crippen LogP contribution in [0.25, 0.3) is 0 Å². The van der Waals surface area contributed by atoms with E-state index in [4.69, 9.17) is 33.0 Å². The van der Waals surface area contributed by atoms with Crippen LogP contribution in [0.3, 0.4) is 0 Å². The summed E-state index contributed by atoms with van der Waals surface area (Å²) in [5.41, 5.74) is 0. The molecule has 0 aromatic carbocycles. The average Bonchev–Trinajstić information content (AvgIpc) is 3.18. The van der Waals surface area contributed by atoms with Crippen molar-refractivity contribution in [2.45, 2.75) is 217 Å². The van der Waals surface area contributed by atoms with Crippen LogP contribution < -0.4 is 0 Å². The van der Waals surface area contributed by atoms with Gasteiger partial charge in [-0.25, -0.2) is 9.13 Å². The highest BCUT2D eigenvalue weighted by Gasteiger charge is 2.54. The molecule has 0 radical (unpaired) electrons. The second-order valence-corrected chi connectivity index (χ2v) is 18.3. The second kappa shape index (κ2) is 33.6. The molecule has 0 spiro atoms. The molecule has 4 unspecified atom stereocenters. The number of unbranched alkanes of at least 4 members (excludes halogenated alkanes) is 19. The van der Waals surface area contributed by atoms with Gasteiger partial charge in [0.1, 0.15) is 55.3 Å². The molecular weight excluding hydrogens is 814 g/mol. The van der Waals surface area contributed by atoms with Gasteiger partial charge >= 0.3 is 21.6 Å². The molecule has 7 N–H and O–H groups in total. The lowest BCUT2D eigenvalue weighted by molar-refractivity contribution is -0.216. The van der Waals surface area contributed by atoms with Crippen molar-refractivity contribution < 1.29 is 81.6 Å². The Morgan fingerprint density at radius 1 is 0.525 bits per heavy atom. The number of ether oxygens (including phenoxy) is 3. The van der Waals surface area contributed by atoms with Gasteiger partial charge in [-0.15, -0.1) is 0 Å². The minimum absolute atomic E-state index is 0.0955. The zero-order valence-corrected chi connectivity index (χ0v) is 37.4. The van der Waals surface area contributed by atoms with E-state index in [1.54, 1.807) is 0 Å². The molecule has 0 aromatic rings. The van der Waals surface area contributed by atoms with E-state index in [9.17, 15) is 44.0 Å². The summed E-state index contributed by atoms with van der Waals surface area (Å²) in [5, 5.41) is 41.1. The maximum Gasteiger partial charge on any atom is 0.472 e. The van der Waals surface area contributed by atoms with Gasteiger partial charge in [0.2, 0.25) is 0 Å². The van der Waals surface area contributed by atoms with Crippen molar-refractivity contribution in [2.75, 3.05) is 26.6 Å². The fourth-order valence-corrected chi connectivity index (χ4v) is 8.43. The Morgan fingerprint density at radius 3 is 1.51 bits per heavy atom. The van der Waals surface area contributed by atoms with E-state index >= 15 is 0 Å². The minimum Gasteiger partial charge on any atom is -0.457 e. The number of rotatable bonds is 39. The van der Waals surface area contributed by atoms with Gasteiger partial charge in [0.15, 0.2) is 0 Å². The summed E-state index contributed by atoms with van der Waals surface area (Å²) in [5.74, 6) is -0.237. The first-order chi connectivity index (χ1) is 28.1. The maximum atomic E-state index is 12.9. The molecule has 1 aliphatic carbocycles. The SMILES string of the molecule is CCCCCCCCCCCCCCCC(=O)O[C@H](COCOCCCCCCCCCCC(=O)CCC)COP(=O)(O)OC1C(O)[C@H](OP(=O)(O)O)C(O)[C@H](O)[C@@H]1O. The lowest BCUT2D eigenvalue weighted by atomic mass is 9.85. The van der Waals surface area contributed by atoms with Crippen molar-refractivity contribution in [3.63, 3.8) is 0 Å². The van der Waals surface area contributed by atoms with Crippen LogP contribution in [-0.2, 0) is 46.5 Å². The molecule has 0 saturated heterocycles. The van der Waals surface area contributed by atoms with Crippen molar-refractivity contribution in [3.8, 4) is 0 Å². The van der Waals surface area contributed by atoms with Crippen molar-refractivity contribution in [1.82, 2.24) is 0 Å². The second-order valence-electron chi connectivity index (χ2n) is 15.7. The van der Waals surface area contributed by atoms with Crippen LogP contribution in [0, 0.1) is 0 Å². The van der Waals surface area contributed by atoms with Gasteiger partial charge in [-0.05, 0) is 25.7 Å². The van der Waals surface area contributed by atoms with Gasteiger partial charge in [-0.1, -0.05) is 129 Å². The van der Waals surface area contributed by atoms with E-state index in [2.05, 4.69) is 11.4 Å². The average molecular weight is 893 g/mol. The fraction of sp³-hybridized carbons (Fsp3) is 0.950. The molecule has 0 amide bonds. The van der Waals surface area contributed by atoms with Gasteiger partial charge < -0.3 is 49.3 Å². The lowest BCUT2D eigenvalue weighted by Gasteiger charge is -2.43. The molecule has 350 valence electrons. The largest absolute Gasteiger partial charge is 0.472 e. The number of esters is 1. The van der Waals surface area contributed by atoms with Gasteiger partial charge in [0.05, 0.1) is 13.2 Å². The standard InChI is InChI=1S/C40H78O17P2/c1-3-5-6-7-8-9-10-11-12-13-17-20-23-27-34(42)55-33(29-53-31-52-28-24-21-18-15-14-16-19-22-26-32(41)25-4-2)30-54-59(50,51)57-40-37(45)35(43)36(44)39(38(40)46)56-58(47,48)49/h33,35-40,43-46H,3-31H2,1-2H3,(H,50,51)(H2,47,48,49)/t33-,35+,36?,37+,38?,39-,40?/m1/s1. The number of hydrogen-bond donors (Lipinski definition) is 7. The third kappa shape index (κ3) is 28.4. The monoisotopic (exact) mass is 892 g/mol. The van der Waals surface area contributed by atoms with Crippen LogP contribution in [0.15, 0.2) is 0 Å². The Morgan fingerprint density at radius 2 is 1.00 bits per heavy atom. The lowest BCUT2D eigenvalue weighted by Crippen LogP contribution is -2.64. The molecule has 0 aromatic heterocycles. The maximum absolute atomic E-state index is 12.9. The Labute approximate surface area is 352 Å². The molecule has 0 heterocycles. The number of Topliss-reactive ketones (excluding diaryl/α,β-unsaturated/α-hetero) is 1. The van der Waals surface area contributed by atoms with Gasteiger partial charge in [0.25, 0.3) is 0 Å². The zero-order valence-electron chi connectivity index (χ0n) is 35.7. The molecule has 17 nitrogen and oxygen atoms in total. The summed E-state index contributed by atoms with van der Waals surface area (Å²) in [7, 11) is -10.6. The Hall–Kier alpha value is -0.880. The van der Waals surface area contributed by atoms with Crippen LogP contribution in [0.2, 0.25) is 0 Å². The van der Waals surface area contributed by atoms with E-state index < -0.39 is 70.9 Å². The number of ketones is 1. The van der Waals surface area contributed by atoms with Crippen LogP contribution in [0.4, 0.5) is 0 Å². The van der Waals surface area contributed by atoms with Crippen LogP contribution in [0.1, 0.15) is 174 Å². The molecule has 8 atom stereocenters. The quantitative estimate of drug-likeness (QED) is 0.0147. The summed E-state index contributed by atoms with van der Waals surface area (Å²) >= 11 is 0. The molecule has 0 bridgehead atoms. The highest BCUT2D eigenvalue weighted by molar-refractivity contribution is 7.47. The Bertz CT molecular complexity index is 1170. The number of hydrogen-bond acceptors (Lipinski definition) is 14. The molecular formula is C40H78O17P2. The zero-order chi connectivity index (χ0) is 43.9. The molecule has 59 heavy (non-hydrogen) atoms. The topological polar surface area (TPSA) is 265 Å². The first kappa shape index (κ1) is 56.1. The minimum atomic E-state index is -5.34. The van der Waals surface area contributed by atoms with E-state index in [0.29, 0.717) is 31.7 Å². The smallest absolute Gasteiger partial charge is 0.457 e. The number of phosphoric acid groups is 2. The van der Waals surface area contributed by atoms with Crippen molar-refractivity contribution in [3.05, 3.63) is 0 Å². The van der Waals surface area contributed by atoms with Gasteiger partial charge in [0, 0.05) is 25.9 Å². The summed E-state index contributed by atoms with van der Waals surface area (Å²) in [4.78, 5) is 53.1. The van der Waals surface area contributed by atoms with E-state index in [0.717, 1.165) is 83.5 Å². The Balaban J connectivity index is 2.55. The number of aliphatic hydroxyl groups excluding tert-OH is 4. The highest BCUT2D eigenvalue weighted by Crippen LogP contribution is 2.49. The molecule has 1 fully saturated rings. The Kier molecular flexibility index (Phi) is 32.0. The van der Waals surface area contributed by atoms with Crippen molar-refractivity contribution >= 4 is 27.4 Å².